The fraction of sp³-hybridized carbons (Fsp3) is 0.375. The summed E-state index contributed by atoms with van der Waals surface area (Å²) in [6, 6.07) is 3.86. The maximum atomic E-state index is 12.9. The maximum Gasteiger partial charge on any atom is 0.416 e. The Morgan fingerprint density at radius 2 is 1.96 bits per heavy atom. The van der Waals surface area contributed by atoms with E-state index in [0.29, 0.717) is 11.3 Å². The van der Waals surface area contributed by atoms with Gasteiger partial charge in [-0.05, 0) is 23.1 Å². The Kier molecular flexibility index (Phi) is 4.86. The van der Waals surface area contributed by atoms with Crippen molar-refractivity contribution in [3.8, 4) is 0 Å². The number of anilines is 1. The zero-order valence-corrected chi connectivity index (χ0v) is 13.5. The molecule has 3 N–H and O–H groups in total. The smallest absolute Gasteiger partial charge is 0.331 e. The number of alkyl halides is 3. The van der Waals surface area contributed by atoms with E-state index in [1.54, 1.807) is 6.07 Å². The van der Waals surface area contributed by atoms with E-state index >= 15 is 0 Å². The standard InChI is InChI=1S/C16H19F3N4O/c1-15(2,3)13(23-14(24)22-12-8-20-21-9-12)10-5-4-6-11(7-10)16(17,18)19/h4-9,13H,1-3H3,(H,20,21)(H2,22,23,24)/t13-/m1/s1. The molecule has 1 aromatic heterocycles. The number of aromatic nitrogens is 2. The molecule has 2 amide bonds. The first-order chi connectivity index (χ1) is 11.1. The highest BCUT2D eigenvalue weighted by Gasteiger charge is 2.33. The Labute approximate surface area is 137 Å². The van der Waals surface area contributed by atoms with Crippen LogP contribution in [0.25, 0.3) is 0 Å². The molecule has 0 spiro atoms. The minimum atomic E-state index is -4.43. The van der Waals surface area contributed by atoms with Crippen molar-refractivity contribution in [2.24, 2.45) is 5.41 Å². The van der Waals surface area contributed by atoms with Crippen LogP contribution in [0.15, 0.2) is 36.7 Å². The van der Waals surface area contributed by atoms with Crippen LogP contribution in [0.5, 0.6) is 0 Å². The lowest BCUT2D eigenvalue weighted by atomic mass is 9.82. The van der Waals surface area contributed by atoms with Crippen LogP contribution in [0, 0.1) is 5.41 Å². The van der Waals surface area contributed by atoms with Gasteiger partial charge in [-0.25, -0.2) is 4.79 Å². The van der Waals surface area contributed by atoms with E-state index in [1.807, 2.05) is 20.8 Å². The predicted octanol–water partition coefficient (Wildman–Crippen LogP) is 4.34. The van der Waals surface area contributed by atoms with Crippen LogP contribution < -0.4 is 10.6 Å². The van der Waals surface area contributed by atoms with Crippen molar-refractivity contribution in [2.45, 2.75) is 33.0 Å². The average Bonchev–Trinajstić information content (AvgIpc) is 2.95. The third-order valence-electron chi connectivity index (χ3n) is 3.44. The first-order valence-electron chi connectivity index (χ1n) is 7.31. The van der Waals surface area contributed by atoms with Gasteiger partial charge in [0.15, 0.2) is 0 Å². The lowest BCUT2D eigenvalue weighted by Crippen LogP contribution is -2.39. The van der Waals surface area contributed by atoms with Crippen LogP contribution in [0.2, 0.25) is 0 Å². The van der Waals surface area contributed by atoms with Crippen LogP contribution in [0.3, 0.4) is 0 Å². The summed E-state index contributed by atoms with van der Waals surface area (Å²) in [6.45, 7) is 5.53. The lowest BCUT2D eigenvalue weighted by Gasteiger charge is -2.32. The molecule has 1 heterocycles. The summed E-state index contributed by atoms with van der Waals surface area (Å²) in [6.07, 6.45) is -1.51. The lowest BCUT2D eigenvalue weighted by molar-refractivity contribution is -0.137. The molecule has 0 aliphatic heterocycles. The molecule has 0 aliphatic carbocycles. The molecule has 0 radical (unpaired) electrons. The zero-order valence-electron chi connectivity index (χ0n) is 13.5. The van der Waals surface area contributed by atoms with Crippen LogP contribution >= 0.6 is 0 Å². The molecule has 0 bridgehead atoms. The van der Waals surface area contributed by atoms with Crippen LogP contribution in [-0.2, 0) is 6.18 Å². The number of hydrogen-bond acceptors (Lipinski definition) is 2. The van der Waals surface area contributed by atoms with Gasteiger partial charge in [-0.2, -0.15) is 18.3 Å². The Bertz CT molecular complexity index is 690. The second kappa shape index (κ2) is 6.54. The van der Waals surface area contributed by atoms with Crippen molar-refractivity contribution >= 4 is 11.7 Å². The predicted molar refractivity (Wildman–Crippen MR) is 84.4 cm³/mol. The van der Waals surface area contributed by atoms with Gasteiger partial charge >= 0.3 is 12.2 Å². The van der Waals surface area contributed by atoms with E-state index in [0.717, 1.165) is 12.1 Å². The number of halogens is 3. The maximum absolute atomic E-state index is 12.9. The molecular formula is C16H19F3N4O. The molecule has 0 saturated heterocycles. The summed E-state index contributed by atoms with van der Waals surface area (Å²) in [5.74, 6) is 0. The molecule has 0 saturated carbocycles. The number of hydrogen-bond donors (Lipinski definition) is 3. The van der Waals surface area contributed by atoms with Crippen molar-refractivity contribution in [1.29, 1.82) is 0 Å². The number of nitrogens with zero attached hydrogens (tertiary/aromatic N) is 1. The average molecular weight is 340 g/mol. The van der Waals surface area contributed by atoms with Gasteiger partial charge in [0.2, 0.25) is 0 Å². The highest BCUT2D eigenvalue weighted by Crippen LogP contribution is 2.36. The topological polar surface area (TPSA) is 69.8 Å². The van der Waals surface area contributed by atoms with Gasteiger partial charge in [-0.1, -0.05) is 32.9 Å². The van der Waals surface area contributed by atoms with Crippen LogP contribution in [-0.4, -0.2) is 16.2 Å². The number of benzene rings is 1. The third kappa shape index (κ3) is 4.50. The van der Waals surface area contributed by atoms with Crippen molar-refractivity contribution in [3.05, 3.63) is 47.8 Å². The first kappa shape index (κ1) is 17.8. The van der Waals surface area contributed by atoms with E-state index in [4.69, 9.17) is 0 Å². The fourth-order valence-corrected chi connectivity index (χ4v) is 2.31. The molecule has 2 aromatic rings. The molecule has 1 atom stereocenters. The van der Waals surface area contributed by atoms with Gasteiger partial charge in [-0.3, -0.25) is 5.10 Å². The van der Waals surface area contributed by atoms with Gasteiger partial charge in [0.1, 0.15) is 0 Å². The van der Waals surface area contributed by atoms with Crippen molar-refractivity contribution in [2.75, 3.05) is 5.32 Å². The summed E-state index contributed by atoms with van der Waals surface area (Å²) >= 11 is 0. The van der Waals surface area contributed by atoms with Crippen molar-refractivity contribution in [3.63, 3.8) is 0 Å². The van der Waals surface area contributed by atoms with E-state index in [1.165, 1.54) is 18.5 Å². The second-order valence-electron chi connectivity index (χ2n) is 6.51. The molecule has 0 aliphatic rings. The summed E-state index contributed by atoms with van der Waals surface area (Å²) in [5.41, 5.74) is -0.382. The normalized spacial score (nSPS) is 13.4. The van der Waals surface area contributed by atoms with Gasteiger partial charge in [-0.15, -0.1) is 0 Å². The molecule has 24 heavy (non-hydrogen) atoms. The molecule has 0 fully saturated rings. The van der Waals surface area contributed by atoms with Gasteiger partial charge in [0, 0.05) is 6.20 Å². The number of nitrogens with one attached hydrogen (secondary N) is 3. The highest BCUT2D eigenvalue weighted by molar-refractivity contribution is 5.89. The molecule has 2 rings (SSSR count). The molecule has 130 valence electrons. The van der Waals surface area contributed by atoms with E-state index in [-0.39, 0.29) is 0 Å². The Balaban J connectivity index is 2.24. The quantitative estimate of drug-likeness (QED) is 0.778. The molecule has 1 aromatic carbocycles. The minimum absolute atomic E-state index is 0.389. The Morgan fingerprint density at radius 3 is 2.50 bits per heavy atom. The molecule has 8 heteroatoms. The van der Waals surface area contributed by atoms with Gasteiger partial charge in [0.25, 0.3) is 0 Å². The first-order valence-corrected chi connectivity index (χ1v) is 7.31. The molecule has 5 nitrogen and oxygen atoms in total. The highest BCUT2D eigenvalue weighted by atomic mass is 19.4. The summed E-state index contributed by atoms with van der Waals surface area (Å²) in [4.78, 5) is 12.1. The number of aromatic amines is 1. The zero-order chi connectivity index (χ0) is 18.0. The van der Waals surface area contributed by atoms with E-state index < -0.39 is 29.2 Å². The molecule has 0 unspecified atom stereocenters. The number of amides is 2. The fourth-order valence-electron chi connectivity index (χ4n) is 2.31. The van der Waals surface area contributed by atoms with Crippen LogP contribution in [0.4, 0.5) is 23.7 Å². The Hall–Kier alpha value is -2.51. The second-order valence-corrected chi connectivity index (χ2v) is 6.51. The molecular weight excluding hydrogens is 321 g/mol. The number of H-pyrrole nitrogens is 1. The number of carbonyl (C=O) groups is 1. The number of carbonyl (C=O) groups excluding carboxylic acids is 1. The van der Waals surface area contributed by atoms with E-state index in [2.05, 4.69) is 20.8 Å². The minimum Gasteiger partial charge on any atom is -0.331 e. The van der Waals surface area contributed by atoms with E-state index in [9.17, 15) is 18.0 Å². The van der Waals surface area contributed by atoms with Crippen LogP contribution in [0.1, 0.15) is 37.9 Å². The summed E-state index contributed by atoms with van der Waals surface area (Å²) in [5, 5.41) is 11.6. The largest absolute Gasteiger partial charge is 0.416 e. The summed E-state index contributed by atoms with van der Waals surface area (Å²) in [7, 11) is 0. The number of urea groups is 1. The van der Waals surface area contributed by atoms with Crippen molar-refractivity contribution in [1.82, 2.24) is 15.5 Å². The third-order valence-corrected chi connectivity index (χ3v) is 3.44. The summed E-state index contributed by atoms with van der Waals surface area (Å²) < 4.78 is 38.8. The Morgan fingerprint density at radius 1 is 1.25 bits per heavy atom. The van der Waals surface area contributed by atoms with Gasteiger partial charge < -0.3 is 10.6 Å². The monoisotopic (exact) mass is 340 g/mol. The van der Waals surface area contributed by atoms with Crippen molar-refractivity contribution < 1.29 is 18.0 Å². The van der Waals surface area contributed by atoms with Gasteiger partial charge in [0.05, 0.1) is 23.5 Å². The SMILES string of the molecule is CC(C)(C)[C@H](NC(=O)Nc1cn[nH]c1)c1cccc(C(F)(F)F)c1. The number of rotatable bonds is 3.